The van der Waals surface area contributed by atoms with Crippen LogP contribution in [0.2, 0.25) is 0 Å². The van der Waals surface area contributed by atoms with Crippen LogP contribution in [0.25, 0.3) is 0 Å². The maximum Gasteiger partial charge on any atom is 0.169 e. The lowest BCUT2D eigenvalue weighted by atomic mass is 10.2. The van der Waals surface area contributed by atoms with Gasteiger partial charge in [0, 0.05) is 19.3 Å². The molecule has 1 saturated heterocycles. The van der Waals surface area contributed by atoms with Crippen molar-refractivity contribution in [1.82, 2.24) is 10.3 Å². The Morgan fingerprint density at radius 3 is 3.08 bits per heavy atom. The molecule has 1 aliphatic rings. The average molecular weight is 179 g/mol. The van der Waals surface area contributed by atoms with E-state index < -0.39 is 0 Å². The molecule has 0 unspecified atom stereocenters. The van der Waals surface area contributed by atoms with Crippen molar-refractivity contribution in [3.63, 3.8) is 0 Å². The fraction of sp³-hybridized carbons (Fsp3) is 0.444. The summed E-state index contributed by atoms with van der Waals surface area (Å²) in [5.41, 5.74) is 0. The number of hydrogen-bond acceptors (Lipinski definition) is 4. The molecular formula is C9H13N3O. The molecule has 0 atom stereocenters. The van der Waals surface area contributed by atoms with E-state index in [4.69, 9.17) is 4.74 Å². The molecule has 70 valence electrons. The normalized spacial score (nSPS) is 16.4. The van der Waals surface area contributed by atoms with E-state index in [0.717, 1.165) is 24.7 Å². The average Bonchev–Trinajstić information content (AvgIpc) is 2.12. The van der Waals surface area contributed by atoms with Crippen molar-refractivity contribution in [3.8, 4) is 5.75 Å². The summed E-state index contributed by atoms with van der Waals surface area (Å²) in [6.07, 6.45) is 1.76. The lowest BCUT2D eigenvalue weighted by Crippen LogP contribution is -2.51. The largest absolute Gasteiger partial charge is 0.493 e. The fourth-order valence-electron chi connectivity index (χ4n) is 1.25. The molecule has 13 heavy (non-hydrogen) atoms. The van der Waals surface area contributed by atoms with Gasteiger partial charge in [-0.05, 0) is 12.1 Å². The van der Waals surface area contributed by atoms with E-state index in [0.29, 0.717) is 6.04 Å². The van der Waals surface area contributed by atoms with Gasteiger partial charge in [0.25, 0.3) is 0 Å². The van der Waals surface area contributed by atoms with Gasteiger partial charge in [-0.25, -0.2) is 4.98 Å². The van der Waals surface area contributed by atoms with Crippen molar-refractivity contribution < 1.29 is 4.74 Å². The van der Waals surface area contributed by atoms with Crippen LogP contribution in [0.3, 0.4) is 0 Å². The van der Waals surface area contributed by atoms with Crippen molar-refractivity contribution in [2.24, 2.45) is 0 Å². The lowest BCUT2D eigenvalue weighted by Gasteiger charge is -2.28. The van der Waals surface area contributed by atoms with Gasteiger partial charge in [0.1, 0.15) is 0 Å². The van der Waals surface area contributed by atoms with E-state index in [1.54, 1.807) is 13.3 Å². The molecule has 2 rings (SSSR count). The van der Waals surface area contributed by atoms with E-state index in [1.165, 1.54) is 0 Å². The number of hydrogen-bond donors (Lipinski definition) is 2. The number of methoxy groups -OCH3 is 1. The van der Waals surface area contributed by atoms with Crippen molar-refractivity contribution in [1.29, 1.82) is 0 Å². The Bertz CT molecular complexity index is 286. The second kappa shape index (κ2) is 3.62. The summed E-state index contributed by atoms with van der Waals surface area (Å²) in [6.45, 7) is 2.00. The summed E-state index contributed by atoms with van der Waals surface area (Å²) in [5.74, 6) is 1.63. The number of nitrogens with zero attached hydrogens (tertiary/aromatic N) is 1. The van der Waals surface area contributed by atoms with Crippen LogP contribution in [-0.2, 0) is 0 Å². The summed E-state index contributed by atoms with van der Waals surface area (Å²) < 4.78 is 5.17. The van der Waals surface area contributed by atoms with E-state index in [1.807, 2.05) is 12.1 Å². The van der Waals surface area contributed by atoms with Crippen LogP contribution in [0.15, 0.2) is 18.3 Å². The molecule has 1 aromatic heterocycles. The molecule has 4 nitrogen and oxygen atoms in total. The summed E-state index contributed by atoms with van der Waals surface area (Å²) in [7, 11) is 1.65. The highest BCUT2D eigenvalue weighted by Crippen LogP contribution is 2.21. The number of rotatable bonds is 3. The monoisotopic (exact) mass is 179 g/mol. The summed E-state index contributed by atoms with van der Waals surface area (Å²) in [4.78, 5) is 4.21. The van der Waals surface area contributed by atoms with E-state index in [2.05, 4.69) is 15.6 Å². The molecule has 1 fully saturated rings. The van der Waals surface area contributed by atoms with Crippen LogP contribution in [0.5, 0.6) is 5.75 Å². The first-order chi connectivity index (χ1) is 6.40. The topological polar surface area (TPSA) is 46.2 Å². The highest BCUT2D eigenvalue weighted by molar-refractivity contribution is 5.50. The SMILES string of the molecule is COc1cccnc1NC1CNC1. The van der Waals surface area contributed by atoms with Gasteiger partial charge in [-0.2, -0.15) is 0 Å². The van der Waals surface area contributed by atoms with Crippen LogP contribution >= 0.6 is 0 Å². The van der Waals surface area contributed by atoms with Crippen LogP contribution in [0, 0.1) is 0 Å². The minimum Gasteiger partial charge on any atom is -0.493 e. The Morgan fingerprint density at radius 2 is 2.46 bits per heavy atom. The zero-order valence-corrected chi connectivity index (χ0v) is 7.58. The smallest absolute Gasteiger partial charge is 0.169 e. The number of anilines is 1. The maximum atomic E-state index is 5.17. The van der Waals surface area contributed by atoms with Gasteiger partial charge in [0.2, 0.25) is 0 Å². The third-order valence-corrected chi connectivity index (χ3v) is 2.11. The molecule has 0 amide bonds. The molecule has 2 N–H and O–H groups in total. The summed E-state index contributed by atoms with van der Waals surface area (Å²) in [6, 6.07) is 4.26. The zero-order valence-electron chi connectivity index (χ0n) is 7.58. The Balaban J connectivity index is 2.08. The highest BCUT2D eigenvalue weighted by atomic mass is 16.5. The molecule has 4 heteroatoms. The van der Waals surface area contributed by atoms with Crippen molar-refractivity contribution in [2.75, 3.05) is 25.5 Å². The molecule has 1 aliphatic heterocycles. The highest BCUT2D eigenvalue weighted by Gasteiger charge is 2.17. The van der Waals surface area contributed by atoms with Crippen molar-refractivity contribution in [3.05, 3.63) is 18.3 Å². The lowest BCUT2D eigenvalue weighted by molar-refractivity contribution is 0.411. The third kappa shape index (κ3) is 1.72. The van der Waals surface area contributed by atoms with Gasteiger partial charge in [0.15, 0.2) is 11.6 Å². The summed E-state index contributed by atoms with van der Waals surface area (Å²) in [5, 5.41) is 6.49. The van der Waals surface area contributed by atoms with Gasteiger partial charge < -0.3 is 15.4 Å². The third-order valence-electron chi connectivity index (χ3n) is 2.11. The van der Waals surface area contributed by atoms with E-state index in [9.17, 15) is 0 Å². The fourth-order valence-corrected chi connectivity index (χ4v) is 1.25. The van der Waals surface area contributed by atoms with Gasteiger partial charge in [0.05, 0.1) is 13.2 Å². The molecular weight excluding hydrogens is 166 g/mol. The quantitative estimate of drug-likeness (QED) is 0.708. The first kappa shape index (κ1) is 8.31. The molecule has 1 aromatic rings. The first-order valence-electron chi connectivity index (χ1n) is 4.36. The minimum atomic E-state index is 0.490. The summed E-state index contributed by atoms with van der Waals surface area (Å²) >= 11 is 0. The molecule has 0 bridgehead atoms. The number of ether oxygens (including phenoxy) is 1. The van der Waals surface area contributed by atoms with Crippen molar-refractivity contribution >= 4 is 5.82 Å². The molecule has 0 saturated carbocycles. The number of nitrogens with one attached hydrogen (secondary N) is 2. The van der Waals surface area contributed by atoms with Gasteiger partial charge >= 0.3 is 0 Å². The molecule has 0 radical (unpaired) electrons. The van der Waals surface area contributed by atoms with Crippen molar-refractivity contribution in [2.45, 2.75) is 6.04 Å². The Morgan fingerprint density at radius 1 is 1.62 bits per heavy atom. The van der Waals surface area contributed by atoms with Gasteiger partial charge in [-0.1, -0.05) is 0 Å². The molecule has 2 heterocycles. The minimum absolute atomic E-state index is 0.490. The Hall–Kier alpha value is -1.29. The number of pyridine rings is 1. The first-order valence-corrected chi connectivity index (χ1v) is 4.36. The second-order valence-electron chi connectivity index (χ2n) is 3.05. The van der Waals surface area contributed by atoms with Crippen LogP contribution in [0.1, 0.15) is 0 Å². The van der Waals surface area contributed by atoms with Gasteiger partial charge in [-0.3, -0.25) is 0 Å². The predicted octanol–water partition coefficient (Wildman–Crippen LogP) is 0.474. The maximum absolute atomic E-state index is 5.17. The second-order valence-corrected chi connectivity index (χ2v) is 3.05. The number of aromatic nitrogens is 1. The Kier molecular flexibility index (Phi) is 2.31. The van der Waals surface area contributed by atoms with Gasteiger partial charge in [-0.15, -0.1) is 0 Å². The van der Waals surface area contributed by atoms with E-state index in [-0.39, 0.29) is 0 Å². The van der Waals surface area contributed by atoms with Crippen LogP contribution in [-0.4, -0.2) is 31.2 Å². The predicted molar refractivity (Wildman–Crippen MR) is 51.1 cm³/mol. The van der Waals surface area contributed by atoms with Crippen LogP contribution < -0.4 is 15.4 Å². The van der Waals surface area contributed by atoms with Crippen LogP contribution in [0.4, 0.5) is 5.82 Å². The Labute approximate surface area is 77.3 Å². The van der Waals surface area contributed by atoms with E-state index >= 15 is 0 Å². The molecule has 0 aromatic carbocycles. The molecule has 0 aliphatic carbocycles. The zero-order chi connectivity index (χ0) is 9.10. The standard InChI is InChI=1S/C9H13N3O/c1-13-8-3-2-4-11-9(8)12-7-5-10-6-7/h2-4,7,10H,5-6H2,1H3,(H,11,12). The molecule has 0 spiro atoms.